The highest BCUT2D eigenvalue weighted by Gasteiger charge is 2.41. The van der Waals surface area contributed by atoms with E-state index in [1.165, 1.54) is 0 Å². The molecule has 2 atom stereocenters. The van der Waals surface area contributed by atoms with Gasteiger partial charge in [-0.3, -0.25) is 4.40 Å². The molecule has 0 saturated carbocycles. The fraction of sp³-hybridized carbons (Fsp3) is 0.500. The maximum absolute atomic E-state index is 13.1. The van der Waals surface area contributed by atoms with Crippen LogP contribution in [0.2, 0.25) is 5.15 Å². The number of fused-ring (bicyclic) bond motifs is 1. The van der Waals surface area contributed by atoms with E-state index in [9.17, 15) is 8.42 Å². The number of sulfonamides is 1. The lowest BCUT2D eigenvalue weighted by molar-refractivity contribution is 0.327. The monoisotopic (exact) mass is 327 g/mol. The van der Waals surface area contributed by atoms with E-state index in [4.69, 9.17) is 11.6 Å². The highest BCUT2D eigenvalue weighted by Crippen LogP contribution is 2.34. The van der Waals surface area contributed by atoms with Crippen molar-refractivity contribution >= 4 is 27.3 Å². The lowest BCUT2D eigenvalue weighted by Crippen LogP contribution is -2.40. The van der Waals surface area contributed by atoms with E-state index >= 15 is 0 Å². The second-order valence-electron chi connectivity index (χ2n) is 5.46. The summed E-state index contributed by atoms with van der Waals surface area (Å²) in [6, 6.07) is 5.35. The number of nitrogens with zero attached hydrogens (tertiary/aromatic N) is 3. The van der Waals surface area contributed by atoms with Crippen LogP contribution in [0.4, 0.5) is 0 Å². The largest absolute Gasteiger partial charge is 0.288 e. The molecular formula is C14H18ClN3O2S. The van der Waals surface area contributed by atoms with Gasteiger partial charge in [0.05, 0.1) is 0 Å². The summed E-state index contributed by atoms with van der Waals surface area (Å²) < 4.78 is 29.3. The Labute approximate surface area is 129 Å². The summed E-state index contributed by atoms with van der Waals surface area (Å²) in [6.45, 7) is 3.96. The number of hydrogen-bond donors (Lipinski definition) is 0. The molecule has 114 valence electrons. The Morgan fingerprint density at radius 1 is 1.38 bits per heavy atom. The molecule has 0 radical (unpaired) electrons. The molecule has 0 bridgehead atoms. The minimum atomic E-state index is -3.66. The number of pyridine rings is 1. The molecule has 0 spiro atoms. The Balaban J connectivity index is 2.19. The van der Waals surface area contributed by atoms with Crippen molar-refractivity contribution in [2.24, 2.45) is 0 Å². The molecule has 1 fully saturated rings. The van der Waals surface area contributed by atoms with Crippen LogP contribution in [0.5, 0.6) is 0 Å². The van der Waals surface area contributed by atoms with Gasteiger partial charge in [-0.2, -0.15) is 4.31 Å². The topological polar surface area (TPSA) is 54.7 Å². The van der Waals surface area contributed by atoms with E-state index in [0.29, 0.717) is 5.65 Å². The second kappa shape index (κ2) is 5.26. The molecule has 2 unspecified atom stereocenters. The zero-order valence-corrected chi connectivity index (χ0v) is 13.6. The van der Waals surface area contributed by atoms with Gasteiger partial charge in [0.1, 0.15) is 5.65 Å². The van der Waals surface area contributed by atoms with Crippen LogP contribution in [0.25, 0.3) is 5.65 Å². The molecule has 2 aromatic heterocycles. The van der Waals surface area contributed by atoms with Crippen molar-refractivity contribution in [1.82, 2.24) is 13.7 Å². The average Bonchev–Trinajstić information content (AvgIpc) is 2.98. The van der Waals surface area contributed by atoms with Crippen molar-refractivity contribution in [3.8, 4) is 0 Å². The molecule has 5 nitrogen and oxygen atoms in total. The summed E-state index contributed by atoms with van der Waals surface area (Å²) in [5.41, 5.74) is 0.543. The summed E-state index contributed by atoms with van der Waals surface area (Å²) in [5, 5.41) is 0.113. The number of hydrogen-bond acceptors (Lipinski definition) is 3. The molecule has 3 heterocycles. The molecule has 21 heavy (non-hydrogen) atoms. The van der Waals surface area contributed by atoms with Crippen LogP contribution in [0, 0.1) is 0 Å². The van der Waals surface area contributed by atoms with E-state index in [0.717, 1.165) is 19.3 Å². The van der Waals surface area contributed by atoms with Crippen LogP contribution in [0.15, 0.2) is 29.4 Å². The number of aromatic nitrogens is 2. The van der Waals surface area contributed by atoms with Gasteiger partial charge in [0.25, 0.3) is 10.0 Å². The summed E-state index contributed by atoms with van der Waals surface area (Å²) in [7, 11) is -3.66. The maximum Gasteiger partial charge on any atom is 0.262 e. The predicted octanol–water partition coefficient (Wildman–Crippen LogP) is 2.94. The van der Waals surface area contributed by atoms with E-state index in [1.807, 2.05) is 19.9 Å². The lowest BCUT2D eigenvalue weighted by Gasteiger charge is -2.26. The molecular weight excluding hydrogens is 310 g/mol. The standard InChI is InChI=1S/C14H18ClN3O2S/c1-3-11-8-7-10(2)18(11)21(19,20)14-13(15)16-12-6-4-5-9-17(12)14/h4-6,9-11H,3,7-8H2,1-2H3. The summed E-state index contributed by atoms with van der Waals surface area (Å²) in [4.78, 5) is 4.15. The van der Waals surface area contributed by atoms with Crippen molar-refractivity contribution in [1.29, 1.82) is 0 Å². The molecule has 0 amide bonds. The van der Waals surface area contributed by atoms with E-state index in [1.54, 1.807) is 27.0 Å². The first-order valence-corrected chi connectivity index (χ1v) is 8.94. The van der Waals surface area contributed by atoms with Crippen molar-refractivity contribution in [2.75, 3.05) is 0 Å². The van der Waals surface area contributed by atoms with E-state index < -0.39 is 10.0 Å². The Hall–Kier alpha value is -1.11. The van der Waals surface area contributed by atoms with Gasteiger partial charge in [0, 0.05) is 18.3 Å². The third-order valence-corrected chi connectivity index (χ3v) is 6.62. The Morgan fingerprint density at radius 3 is 2.86 bits per heavy atom. The normalized spacial score (nSPS) is 24.0. The first kappa shape index (κ1) is 14.8. The van der Waals surface area contributed by atoms with Crippen LogP contribution in [-0.4, -0.2) is 34.2 Å². The number of rotatable bonds is 3. The molecule has 1 aliphatic rings. The van der Waals surface area contributed by atoms with Gasteiger partial charge in [-0.15, -0.1) is 0 Å². The molecule has 0 aliphatic carbocycles. The van der Waals surface area contributed by atoms with E-state index in [-0.39, 0.29) is 22.3 Å². The van der Waals surface area contributed by atoms with Crippen LogP contribution < -0.4 is 0 Å². The summed E-state index contributed by atoms with van der Waals surface area (Å²) >= 11 is 6.13. The minimum absolute atomic E-state index is 0.00900. The third kappa shape index (κ3) is 2.25. The second-order valence-corrected chi connectivity index (χ2v) is 7.58. The van der Waals surface area contributed by atoms with Gasteiger partial charge in [0.2, 0.25) is 0 Å². The van der Waals surface area contributed by atoms with Crippen LogP contribution >= 0.6 is 11.6 Å². The molecule has 0 N–H and O–H groups in total. The average molecular weight is 328 g/mol. The Bertz CT molecular complexity index is 772. The quantitative estimate of drug-likeness (QED) is 0.871. The summed E-state index contributed by atoms with van der Waals surface area (Å²) in [6.07, 6.45) is 4.26. The number of halogens is 1. The fourth-order valence-corrected chi connectivity index (χ4v) is 5.70. The highest BCUT2D eigenvalue weighted by molar-refractivity contribution is 7.89. The minimum Gasteiger partial charge on any atom is -0.288 e. The van der Waals surface area contributed by atoms with Crippen molar-refractivity contribution in [2.45, 2.75) is 50.2 Å². The molecule has 1 saturated heterocycles. The highest BCUT2D eigenvalue weighted by atomic mass is 35.5. The summed E-state index contributed by atoms with van der Waals surface area (Å²) in [5.74, 6) is 0. The van der Waals surface area contributed by atoms with Crippen LogP contribution in [0.3, 0.4) is 0 Å². The maximum atomic E-state index is 13.1. The first-order chi connectivity index (χ1) is 9.96. The van der Waals surface area contributed by atoms with E-state index in [2.05, 4.69) is 4.98 Å². The third-order valence-electron chi connectivity index (χ3n) is 4.15. The van der Waals surface area contributed by atoms with Crippen molar-refractivity contribution in [3.63, 3.8) is 0 Å². The zero-order valence-electron chi connectivity index (χ0n) is 12.0. The van der Waals surface area contributed by atoms with Gasteiger partial charge < -0.3 is 0 Å². The Morgan fingerprint density at radius 2 is 2.14 bits per heavy atom. The lowest BCUT2D eigenvalue weighted by atomic mass is 10.2. The molecule has 3 rings (SSSR count). The van der Waals surface area contributed by atoms with Gasteiger partial charge in [0.15, 0.2) is 10.2 Å². The van der Waals surface area contributed by atoms with Crippen LogP contribution in [-0.2, 0) is 10.0 Å². The number of imidazole rings is 1. The molecule has 2 aromatic rings. The van der Waals surface area contributed by atoms with Crippen LogP contribution in [0.1, 0.15) is 33.1 Å². The Kier molecular flexibility index (Phi) is 3.71. The van der Waals surface area contributed by atoms with Gasteiger partial charge in [-0.1, -0.05) is 24.6 Å². The molecule has 0 aromatic carbocycles. The smallest absolute Gasteiger partial charge is 0.262 e. The first-order valence-electron chi connectivity index (χ1n) is 7.13. The molecule has 1 aliphatic heterocycles. The molecule has 7 heteroatoms. The van der Waals surface area contributed by atoms with Gasteiger partial charge in [-0.05, 0) is 38.3 Å². The van der Waals surface area contributed by atoms with Crippen molar-refractivity contribution in [3.05, 3.63) is 29.5 Å². The SMILES string of the molecule is CCC1CCC(C)N1S(=O)(=O)c1c(Cl)nc2ccccn12. The zero-order chi connectivity index (χ0) is 15.2. The van der Waals surface area contributed by atoms with Gasteiger partial charge in [-0.25, -0.2) is 13.4 Å². The fourth-order valence-electron chi connectivity index (χ4n) is 3.14. The van der Waals surface area contributed by atoms with Crippen molar-refractivity contribution < 1.29 is 8.42 Å². The van der Waals surface area contributed by atoms with Gasteiger partial charge >= 0.3 is 0 Å². The predicted molar refractivity (Wildman–Crippen MR) is 82.0 cm³/mol.